The van der Waals surface area contributed by atoms with Crippen LogP contribution >= 0.6 is 0 Å². The highest BCUT2D eigenvalue weighted by atomic mass is 16.3. The third kappa shape index (κ3) is 5.92. The van der Waals surface area contributed by atoms with Gasteiger partial charge in [0.1, 0.15) is 5.60 Å². The number of hydrogen-bond acceptors (Lipinski definition) is 3. The molecule has 0 aromatic carbocycles. The molecule has 0 radical (unpaired) electrons. The highest BCUT2D eigenvalue weighted by Gasteiger charge is 2.22. The van der Waals surface area contributed by atoms with Crippen molar-refractivity contribution in [3.8, 4) is 0 Å². The Balaban J connectivity index is 3.55. The van der Waals surface area contributed by atoms with Gasteiger partial charge in [-0.2, -0.15) is 0 Å². The minimum atomic E-state index is -1.40. The SMILES string of the molecule is CC(C)(O)C(=O)NCCNC(N)=O. The molecule has 0 saturated heterocycles. The van der Waals surface area contributed by atoms with E-state index >= 15 is 0 Å². The standard InChI is InChI=1S/C7H15N3O3/c1-7(2,13)5(11)9-3-4-10-6(8)12/h13H,3-4H2,1-2H3,(H,9,11)(H3,8,10,12). The second-order valence-corrected chi connectivity index (χ2v) is 3.11. The van der Waals surface area contributed by atoms with Crippen LogP contribution in [-0.4, -0.2) is 35.7 Å². The molecule has 0 bridgehead atoms. The third-order valence-electron chi connectivity index (χ3n) is 1.27. The smallest absolute Gasteiger partial charge is 0.312 e. The van der Waals surface area contributed by atoms with Crippen LogP contribution in [0.1, 0.15) is 13.8 Å². The molecule has 0 unspecified atom stereocenters. The molecule has 0 rings (SSSR count). The summed E-state index contributed by atoms with van der Waals surface area (Å²) in [6.07, 6.45) is 0. The lowest BCUT2D eigenvalue weighted by Gasteiger charge is -2.16. The van der Waals surface area contributed by atoms with Crippen LogP contribution < -0.4 is 16.4 Å². The zero-order valence-corrected chi connectivity index (χ0v) is 7.76. The average Bonchev–Trinajstić information content (AvgIpc) is 1.95. The Labute approximate surface area is 76.5 Å². The molecule has 76 valence electrons. The predicted molar refractivity (Wildman–Crippen MR) is 46.9 cm³/mol. The van der Waals surface area contributed by atoms with Crippen molar-refractivity contribution in [2.24, 2.45) is 5.73 Å². The molecular formula is C7H15N3O3. The van der Waals surface area contributed by atoms with Gasteiger partial charge < -0.3 is 21.5 Å². The molecule has 0 aliphatic heterocycles. The van der Waals surface area contributed by atoms with Gasteiger partial charge in [0.2, 0.25) is 0 Å². The van der Waals surface area contributed by atoms with E-state index in [-0.39, 0.29) is 13.1 Å². The number of rotatable bonds is 4. The van der Waals surface area contributed by atoms with Crippen LogP contribution in [0.15, 0.2) is 0 Å². The van der Waals surface area contributed by atoms with Crippen molar-refractivity contribution in [1.29, 1.82) is 0 Å². The van der Waals surface area contributed by atoms with Gasteiger partial charge in [-0.1, -0.05) is 0 Å². The summed E-state index contributed by atoms with van der Waals surface area (Å²) >= 11 is 0. The Kier molecular flexibility index (Phi) is 4.19. The van der Waals surface area contributed by atoms with E-state index in [1.165, 1.54) is 13.8 Å². The predicted octanol–water partition coefficient (Wildman–Crippen LogP) is -1.46. The number of urea groups is 1. The highest BCUT2D eigenvalue weighted by molar-refractivity contribution is 5.83. The second-order valence-electron chi connectivity index (χ2n) is 3.11. The topological polar surface area (TPSA) is 104 Å². The van der Waals surface area contributed by atoms with Crippen molar-refractivity contribution in [1.82, 2.24) is 10.6 Å². The summed E-state index contributed by atoms with van der Waals surface area (Å²) < 4.78 is 0. The molecule has 0 saturated carbocycles. The molecule has 0 aliphatic rings. The third-order valence-corrected chi connectivity index (χ3v) is 1.27. The van der Waals surface area contributed by atoms with Crippen molar-refractivity contribution >= 4 is 11.9 Å². The van der Waals surface area contributed by atoms with E-state index in [0.29, 0.717) is 0 Å². The maximum atomic E-state index is 11.0. The van der Waals surface area contributed by atoms with E-state index in [2.05, 4.69) is 10.6 Å². The Bertz CT molecular complexity index is 198. The normalized spacial score (nSPS) is 10.7. The molecule has 0 spiro atoms. The number of amides is 3. The zero-order chi connectivity index (χ0) is 10.5. The van der Waals surface area contributed by atoms with Crippen LogP contribution in [0.4, 0.5) is 4.79 Å². The Morgan fingerprint density at radius 3 is 2.15 bits per heavy atom. The lowest BCUT2D eigenvalue weighted by molar-refractivity contribution is -0.136. The molecule has 13 heavy (non-hydrogen) atoms. The first-order chi connectivity index (χ1) is 5.84. The molecule has 0 heterocycles. The van der Waals surface area contributed by atoms with Crippen molar-refractivity contribution in [3.63, 3.8) is 0 Å². The summed E-state index contributed by atoms with van der Waals surface area (Å²) in [6.45, 7) is 3.25. The van der Waals surface area contributed by atoms with E-state index in [0.717, 1.165) is 0 Å². The summed E-state index contributed by atoms with van der Waals surface area (Å²) in [5.74, 6) is -0.487. The molecule has 0 aromatic rings. The maximum absolute atomic E-state index is 11.0. The van der Waals surface area contributed by atoms with Gasteiger partial charge in [-0.05, 0) is 13.8 Å². The number of nitrogens with one attached hydrogen (secondary N) is 2. The molecule has 6 nitrogen and oxygen atoms in total. The van der Waals surface area contributed by atoms with Crippen LogP contribution in [0.2, 0.25) is 0 Å². The van der Waals surface area contributed by atoms with Crippen molar-refractivity contribution < 1.29 is 14.7 Å². The van der Waals surface area contributed by atoms with Crippen molar-refractivity contribution in [3.05, 3.63) is 0 Å². The first-order valence-electron chi connectivity index (χ1n) is 3.88. The molecule has 6 heteroatoms. The Hall–Kier alpha value is -1.30. The number of carbonyl (C=O) groups excluding carboxylic acids is 2. The Morgan fingerprint density at radius 2 is 1.77 bits per heavy atom. The summed E-state index contributed by atoms with van der Waals surface area (Å²) in [5, 5.41) is 13.9. The molecule has 5 N–H and O–H groups in total. The van der Waals surface area contributed by atoms with E-state index < -0.39 is 17.5 Å². The summed E-state index contributed by atoms with van der Waals surface area (Å²) in [5.41, 5.74) is 3.39. The molecule has 0 atom stereocenters. The fourth-order valence-corrected chi connectivity index (χ4v) is 0.578. The van der Waals surface area contributed by atoms with Crippen LogP contribution in [0.25, 0.3) is 0 Å². The fourth-order valence-electron chi connectivity index (χ4n) is 0.578. The second kappa shape index (κ2) is 4.66. The van der Waals surface area contributed by atoms with Crippen LogP contribution in [0.3, 0.4) is 0 Å². The average molecular weight is 189 g/mol. The summed E-state index contributed by atoms with van der Waals surface area (Å²) in [4.78, 5) is 21.2. The first kappa shape index (κ1) is 11.7. The lowest BCUT2D eigenvalue weighted by Crippen LogP contribution is -2.45. The van der Waals surface area contributed by atoms with Crippen LogP contribution in [0.5, 0.6) is 0 Å². The summed E-state index contributed by atoms with van der Waals surface area (Å²) in [6, 6.07) is -0.641. The summed E-state index contributed by atoms with van der Waals surface area (Å²) in [7, 11) is 0. The first-order valence-corrected chi connectivity index (χ1v) is 3.88. The van der Waals surface area contributed by atoms with E-state index in [9.17, 15) is 14.7 Å². The lowest BCUT2D eigenvalue weighted by atomic mass is 10.1. The van der Waals surface area contributed by atoms with Gasteiger partial charge in [-0.25, -0.2) is 4.79 Å². The Morgan fingerprint density at radius 1 is 1.31 bits per heavy atom. The quantitative estimate of drug-likeness (QED) is 0.406. The van der Waals surface area contributed by atoms with Crippen LogP contribution in [-0.2, 0) is 4.79 Å². The van der Waals surface area contributed by atoms with E-state index in [1.54, 1.807) is 0 Å². The van der Waals surface area contributed by atoms with E-state index in [1.807, 2.05) is 0 Å². The fraction of sp³-hybridized carbons (Fsp3) is 0.714. The molecular weight excluding hydrogens is 174 g/mol. The number of primary amides is 1. The largest absolute Gasteiger partial charge is 0.381 e. The van der Waals surface area contributed by atoms with Crippen molar-refractivity contribution in [2.75, 3.05) is 13.1 Å². The minimum absolute atomic E-state index is 0.242. The van der Waals surface area contributed by atoms with Gasteiger partial charge >= 0.3 is 6.03 Å². The van der Waals surface area contributed by atoms with Gasteiger partial charge in [-0.15, -0.1) is 0 Å². The highest BCUT2D eigenvalue weighted by Crippen LogP contribution is 1.98. The number of hydrogen-bond donors (Lipinski definition) is 4. The van der Waals surface area contributed by atoms with Crippen molar-refractivity contribution in [2.45, 2.75) is 19.4 Å². The van der Waals surface area contributed by atoms with Crippen LogP contribution in [0, 0.1) is 0 Å². The van der Waals surface area contributed by atoms with E-state index in [4.69, 9.17) is 5.73 Å². The number of carbonyl (C=O) groups is 2. The monoisotopic (exact) mass is 189 g/mol. The maximum Gasteiger partial charge on any atom is 0.312 e. The van der Waals surface area contributed by atoms with Gasteiger partial charge in [0, 0.05) is 13.1 Å². The number of aliphatic hydroxyl groups is 1. The molecule has 0 fully saturated rings. The molecule has 0 aromatic heterocycles. The zero-order valence-electron chi connectivity index (χ0n) is 7.76. The molecule has 0 aliphatic carbocycles. The van der Waals surface area contributed by atoms with Gasteiger partial charge in [0.15, 0.2) is 0 Å². The molecule has 3 amide bonds. The number of nitrogens with two attached hydrogens (primary N) is 1. The minimum Gasteiger partial charge on any atom is -0.381 e. The van der Waals surface area contributed by atoms with Gasteiger partial charge in [0.05, 0.1) is 0 Å². The van der Waals surface area contributed by atoms with Gasteiger partial charge in [-0.3, -0.25) is 4.79 Å². The van der Waals surface area contributed by atoms with Gasteiger partial charge in [0.25, 0.3) is 5.91 Å².